The number of rotatable bonds is 3. The third-order valence-corrected chi connectivity index (χ3v) is 6.70. The summed E-state index contributed by atoms with van der Waals surface area (Å²) in [5, 5.41) is 0.509. The van der Waals surface area contributed by atoms with E-state index in [0.717, 1.165) is 6.42 Å². The monoisotopic (exact) mass is 422 g/mol. The van der Waals surface area contributed by atoms with Gasteiger partial charge in [0.25, 0.3) is 0 Å². The Kier molecular flexibility index (Phi) is 6.59. The minimum Gasteiger partial charge on any atom is -0.330 e. The van der Waals surface area contributed by atoms with E-state index >= 15 is 0 Å². The first kappa shape index (κ1) is 18.5. The largest absolute Gasteiger partial charge is 0.330 e. The molecule has 1 atom stereocenters. The van der Waals surface area contributed by atoms with Crippen LogP contribution in [0.2, 0.25) is 10.0 Å². The van der Waals surface area contributed by atoms with Crippen molar-refractivity contribution in [3.63, 3.8) is 0 Å². The Morgan fingerprint density at radius 1 is 1.35 bits per heavy atom. The molecule has 0 radical (unpaired) electrons. The minimum absolute atomic E-state index is 0. The van der Waals surface area contributed by atoms with E-state index in [0.29, 0.717) is 29.1 Å². The fourth-order valence-electron chi connectivity index (χ4n) is 2.05. The number of benzene rings is 1. The van der Waals surface area contributed by atoms with Gasteiger partial charge in [-0.05, 0) is 46.9 Å². The summed E-state index contributed by atoms with van der Waals surface area (Å²) >= 11 is 15.1. The summed E-state index contributed by atoms with van der Waals surface area (Å²) in [6, 6.07) is 2.87. The second-order valence-corrected chi connectivity index (χ2v) is 8.03. The number of nitrogens with zero attached hydrogens (tertiary/aromatic N) is 1. The summed E-state index contributed by atoms with van der Waals surface area (Å²) in [4.78, 5) is 0.0723. The highest BCUT2D eigenvalue weighted by Gasteiger charge is 2.33. The molecule has 20 heavy (non-hydrogen) atoms. The van der Waals surface area contributed by atoms with Crippen molar-refractivity contribution in [2.24, 2.45) is 11.7 Å². The molecule has 1 aromatic carbocycles. The Labute approximate surface area is 143 Å². The summed E-state index contributed by atoms with van der Waals surface area (Å²) in [5.41, 5.74) is 5.58. The summed E-state index contributed by atoms with van der Waals surface area (Å²) in [5.74, 6) is 0.212. The van der Waals surface area contributed by atoms with Crippen LogP contribution >= 0.6 is 51.5 Å². The maximum atomic E-state index is 12.5. The highest BCUT2D eigenvalue weighted by molar-refractivity contribution is 9.10. The summed E-state index contributed by atoms with van der Waals surface area (Å²) in [6.45, 7) is 1.40. The predicted octanol–water partition coefficient (Wildman–Crippen LogP) is 3.15. The van der Waals surface area contributed by atoms with Crippen molar-refractivity contribution in [2.75, 3.05) is 19.6 Å². The van der Waals surface area contributed by atoms with Crippen LogP contribution in [-0.4, -0.2) is 32.4 Å². The summed E-state index contributed by atoms with van der Waals surface area (Å²) in [7, 11) is -3.59. The van der Waals surface area contributed by atoms with Crippen molar-refractivity contribution >= 4 is 61.6 Å². The summed E-state index contributed by atoms with van der Waals surface area (Å²) in [6.07, 6.45) is 0.780. The molecule has 2 rings (SSSR count). The van der Waals surface area contributed by atoms with Crippen molar-refractivity contribution in [3.05, 3.63) is 26.7 Å². The molecule has 0 aliphatic carbocycles. The molecule has 4 nitrogen and oxygen atoms in total. The molecular weight excluding hydrogens is 410 g/mol. The molecule has 9 heteroatoms. The van der Waals surface area contributed by atoms with Gasteiger partial charge in [-0.15, -0.1) is 12.4 Å². The number of sulfonamides is 1. The Morgan fingerprint density at radius 2 is 2.00 bits per heavy atom. The van der Waals surface area contributed by atoms with Crippen molar-refractivity contribution in [2.45, 2.75) is 11.3 Å². The van der Waals surface area contributed by atoms with E-state index in [4.69, 9.17) is 28.9 Å². The van der Waals surface area contributed by atoms with E-state index in [-0.39, 0.29) is 28.2 Å². The lowest BCUT2D eigenvalue weighted by Gasteiger charge is -2.17. The van der Waals surface area contributed by atoms with Gasteiger partial charge in [-0.3, -0.25) is 0 Å². The van der Waals surface area contributed by atoms with Gasteiger partial charge in [-0.25, -0.2) is 8.42 Å². The van der Waals surface area contributed by atoms with Gasteiger partial charge in [0.1, 0.15) is 4.90 Å². The molecule has 2 N–H and O–H groups in total. The SMILES string of the molecule is Cl.NCC1CCN(S(=O)(=O)c2cc(Br)c(Cl)cc2Cl)C1. The highest BCUT2D eigenvalue weighted by atomic mass is 79.9. The number of hydrogen-bond acceptors (Lipinski definition) is 3. The Bertz CT molecular complexity index is 598. The second kappa shape index (κ2) is 7.13. The zero-order valence-electron chi connectivity index (χ0n) is 10.4. The van der Waals surface area contributed by atoms with Crippen LogP contribution in [0, 0.1) is 5.92 Å². The molecule has 1 aromatic rings. The Hall–Kier alpha value is 0.440. The number of nitrogens with two attached hydrogens (primary N) is 1. The van der Waals surface area contributed by atoms with E-state index in [1.54, 1.807) is 0 Å². The minimum atomic E-state index is -3.59. The van der Waals surface area contributed by atoms with Crippen molar-refractivity contribution in [3.8, 4) is 0 Å². The van der Waals surface area contributed by atoms with Crippen LogP contribution in [0.1, 0.15) is 6.42 Å². The molecule has 0 amide bonds. The lowest BCUT2D eigenvalue weighted by atomic mass is 10.1. The number of hydrogen-bond donors (Lipinski definition) is 1. The smallest absolute Gasteiger partial charge is 0.244 e. The third kappa shape index (κ3) is 3.61. The lowest BCUT2D eigenvalue weighted by molar-refractivity contribution is 0.459. The van der Waals surface area contributed by atoms with Crippen molar-refractivity contribution < 1.29 is 8.42 Å². The van der Waals surface area contributed by atoms with Gasteiger partial charge in [0.15, 0.2) is 0 Å². The van der Waals surface area contributed by atoms with Gasteiger partial charge >= 0.3 is 0 Å². The van der Waals surface area contributed by atoms with Crippen molar-refractivity contribution in [1.29, 1.82) is 0 Å². The maximum Gasteiger partial charge on any atom is 0.244 e. The first-order valence-electron chi connectivity index (χ1n) is 5.71. The second-order valence-electron chi connectivity index (χ2n) is 4.45. The average Bonchev–Trinajstić information content (AvgIpc) is 2.83. The van der Waals surface area contributed by atoms with Gasteiger partial charge in [-0.1, -0.05) is 23.2 Å². The molecule has 1 fully saturated rings. The van der Waals surface area contributed by atoms with Crippen LogP contribution in [0.4, 0.5) is 0 Å². The average molecular weight is 425 g/mol. The van der Waals surface area contributed by atoms with E-state index in [1.165, 1.54) is 16.4 Å². The topological polar surface area (TPSA) is 63.4 Å². The molecule has 1 unspecified atom stereocenters. The molecule has 1 aliphatic rings. The molecule has 0 bridgehead atoms. The first-order valence-corrected chi connectivity index (χ1v) is 8.70. The normalized spacial score (nSPS) is 19.9. The fraction of sp³-hybridized carbons (Fsp3) is 0.455. The van der Waals surface area contributed by atoms with E-state index in [2.05, 4.69) is 15.9 Å². The lowest BCUT2D eigenvalue weighted by Crippen LogP contribution is -2.30. The van der Waals surface area contributed by atoms with Crippen LogP contribution in [0.25, 0.3) is 0 Å². The summed E-state index contributed by atoms with van der Waals surface area (Å²) < 4.78 is 27.0. The molecule has 1 saturated heterocycles. The van der Waals surface area contributed by atoms with Crippen LogP contribution in [0.5, 0.6) is 0 Å². The molecular formula is C11H14BrCl3N2O2S. The van der Waals surface area contributed by atoms with Gasteiger partial charge in [-0.2, -0.15) is 4.31 Å². The third-order valence-electron chi connectivity index (χ3n) is 3.17. The van der Waals surface area contributed by atoms with Gasteiger partial charge in [0, 0.05) is 17.6 Å². The molecule has 114 valence electrons. The molecule has 0 aromatic heterocycles. The first-order chi connectivity index (χ1) is 8.86. The number of halogens is 4. The Balaban J connectivity index is 0.00000200. The molecule has 0 saturated carbocycles. The van der Waals surface area contributed by atoms with E-state index in [9.17, 15) is 8.42 Å². The molecule has 1 aliphatic heterocycles. The van der Waals surface area contributed by atoms with Gasteiger partial charge in [0.2, 0.25) is 10.0 Å². The van der Waals surface area contributed by atoms with Crippen LogP contribution in [0.15, 0.2) is 21.5 Å². The molecule has 1 heterocycles. The molecule has 0 spiro atoms. The zero-order valence-corrected chi connectivity index (χ0v) is 15.1. The van der Waals surface area contributed by atoms with E-state index < -0.39 is 10.0 Å². The van der Waals surface area contributed by atoms with Crippen LogP contribution < -0.4 is 5.73 Å². The zero-order chi connectivity index (χ0) is 14.2. The highest BCUT2D eigenvalue weighted by Crippen LogP contribution is 2.34. The van der Waals surface area contributed by atoms with Crippen LogP contribution in [0.3, 0.4) is 0 Å². The van der Waals surface area contributed by atoms with Crippen molar-refractivity contribution in [1.82, 2.24) is 4.31 Å². The van der Waals surface area contributed by atoms with E-state index in [1.807, 2.05) is 0 Å². The van der Waals surface area contributed by atoms with Crippen LogP contribution in [-0.2, 0) is 10.0 Å². The standard InChI is InChI=1S/C11H13BrCl2N2O2S.ClH/c12-8-3-11(10(14)4-9(8)13)19(17,18)16-2-1-7(5-15)6-16;/h3-4,7H,1-2,5-6,15H2;1H. The quantitative estimate of drug-likeness (QED) is 0.758. The predicted molar refractivity (Wildman–Crippen MR) is 87.3 cm³/mol. The van der Waals surface area contributed by atoms with Gasteiger partial charge < -0.3 is 5.73 Å². The Morgan fingerprint density at radius 3 is 2.55 bits per heavy atom. The fourth-order valence-corrected chi connectivity index (χ4v) is 4.82. The maximum absolute atomic E-state index is 12.5. The van der Waals surface area contributed by atoms with Gasteiger partial charge in [0.05, 0.1) is 10.0 Å².